The third-order valence-corrected chi connectivity index (χ3v) is 10.1. The van der Waals surface area contributed by atoms with E-state index < -0.39 is 23.1 Å². The van der Waals surface area contributed by atoms with Crippen molar-refractivity contribution in [2.45, 2.75) is 90.0 Å². The Balaban J connectivity index is 1.33. The first kappa shape index (κ1) is 23.8. The van der Waals surface area contributed by atoms with Crippen LogP contribution in [0, 0.1) is 52.3 Å². The van der Waals surface area contributed by atoms with Crippen LogP contribution in [0.4, 0.5) is 17.6 Å². The molecule has 4 fully saturated rings. The number of alkyl halides is 4. The van der Waals surface area contributed by atoms with E-state index >= 15 is 4.39 Å². The number of hydrogen-bond acceptors (Lipinski definition) is 3. The van der Waals surface area contributed by atoms with Gasteiger partial charge in [-0.3, -0.25) is 9.48 Å². The van der Waals surface area contributed by atoms with Gasteiger partial charge in [-0.15, -0.1) is 0 Å². The van der Waals surface area contributed by atoms with E-state index in [0.29, 0.717) is 18.8 Å². The summed E-state index contributed by atoms with van der Waals surface area (Å²) in [7, 11) is 0. The van der Waals surface area contributed by atoms with Gasteiger partial charge < -0.3 is 0 Å². The lowest BCUT2D eigenvalue weighted by Gasteiger charge is -2.58. The lowest BCUT2D eigenvalue weighted by atomic mass is 9.48. The summed E-state index contributed by atoms with van der Waals surface area (Å²) in [6.45, 7) is 4.11. The zero-order chi connectivity index (χ0) is 24.5. The first-order valence-electron chi connectivity index (χ1n) is 12.7. The Hall–Kier alpha value is -1.91. The molecule has 5 rings (SSSR count). The Morgan fingerprint density at radius 2 is 1.94 bits per heavy atom. The molecule has 4 aliphatic carbocycles. The molecule has 0 saturated heterocycles. The average Bonchev–Trinajstić information content (AvgIpc) is 3.34. The lowest BCUT2D eigenvalue weighted by Crippen LogP contribution is -2.56. The predicted molar refractivity (Wildman–Crippen MR) is 117 cm³/mol. The fourth-order valence-corrected chi connectivity index (χ4v) is 8.59. The van der Waals surface area contributed by atoms with Gasteiger partial charge in [-0.05, 0) is 92.8 Å². The third kappa shape index (κ3) is 3.60. The van der Waals surface area contributed by atoms with E-state index in [1.807, 2.05) is 0 Å². The molecule has 8 atom stereocenters. The zero-order valence-electron chi connectivity index (χ0n) is 19.9. The molecule has 0 amide bonds. The predicted octanol–water partition coefficient (Wildman–Crippen LogP) is 6.34. The van der Waals surface area contributed by atoms with Gasteiger partial charge in [0.05, 0.1) is 6.54 Å². The molecule has 0 spiro atoms. The van der Waals surface area contributed by atoms with Crippen LogP contribution in [0.5, 0.6) is 0 Å². The van der Waals surface area contributed by atoms with E-state index in [2.05, 4.69) is 18.9 Å². The second kappa shape index (κ2) is 8.06. The largest absolute Gasteiger partial charge is 0.436 e. The van der Waals surface area contributed by atoms with Crippen LogP contribution >= 0.6 is 0 Å². The smallest absolute Gasteiger partial charge is 0.297 e. The van der Waals surface area contributed by atoms with E-state index in [0.717, 1.165) is 55.8 Å². The second-order valence-corrected chi connectivity index (χ2v) is 11.8. The van der Waals surface area contributed by atoms with E-state index in [9.17, 15) is 18.0 Å². The van der Waals surface area contributed by atoms with E-state index in [4.69, 9.17) is 5.26 Å². The van der Waals surface area contributed by atoms with Crippen LogP contribution in [0.2, 0.25) is 0 Å². The summed E-state index contributed by atoms with van der Waals surface area (Å²) in [4.78, 5) is 13.3. The molecule has 4 unspecified atom stereocenters. The number of nitriles is 1. The topological polar surface area (TPSA) is 58.7 Å². The number of rotatable bonds is 3. The van der Waals surface area contributed by atoms with Gasteiger partial charge >= 0.3 is 6.18 Å². The van der Waals surface area contributed by atoms with Crippen molar-refractivity contribution in [2.24, 2.45) is 40.9 Å². The molecule has 0 radical (unpaired) electrons. The zero-order valence-corrected chi connectivity index (χ0v) is 19.9. The number of carbonyl (C=O) groups is 1. The maximum Gasteiger partial charge on any atom is 0.436 e. The van der Waals surface area contributed by atoms with Crippen molar-refractivity contribution in [1.29, 1.82) is 5.26 Å². The Morgan fingerprint density at radius 3 is 2.62 bits per heavy atom. The molecule has 186 valence electrons. The highest BCUT2D eigenvalue weighted by molar-refractivity contribution is 5.82. The van der Waals surface area contributed by atoms with Crippen LogP contribution in [0.3, 0.4) is 0 Å². The fourth-order valence-electron chi connectivity index (χ4n) is 8.59. The third-order valence-electron chi connectivity index (χ3n) is 10.1. The Labute approximate surface area is 198 Å². The van der Waals surface area contributed by atoms with Crippen LogP contribution in [0.15, 0.2) is 6.20 Å². The van der Waals surface area contributed by atoms with Crippen LogP contribution in [0.1, 0.15) is 82.9 Å². The molecule has 1 heterocycles. The van der Waals surface area contributed by atoms with Crippen molar-refractivity contribution in [1.82, 2.24) is 9.78 Å². The van der Waals surface area contributed by atoms with Crippen LogP contribution in [0.25, 0.3) is 0 Å². The minimum atomic E-state index is -4.74. The first-order valence-corrected chi connectivity index (χ1v) is 12.7. The number of halogens is 4. The molecular weight excluding hydrogens is 446 g/mol. The standard InChI is InChI=1S/C26H33F4N3O/c1-15-7-10-25(27)17(11-15)3-4-18-19-5-6-21(24(19,2)9-8-20(18)25)22(34)14-33-13-16(12-31)23(32-33)26(28,29)30/h13,15,17-21H,3-11,14H2,1-2H3/t15-,17+,18?,19?,20?,21+,24-,25?/m0/s1. The molecule has 8 heteroatoms. The normalized spacial score (nSPS) is 41.8. The van der Waals surface area contributed by atoms with Gasteiger partial charge in [0.2, 0.25) is 0 Å². The van der Waals surface area contributed by atoms with Crippen molar-refractivity contribution in [3.8, 4) is 6.07 Å². The summed E-state index contributed by atoms with van der Waals surface area (Å²) in [6.07, 6.45) is 3.99. The highest BCUT2D eigenvalue weighted by Gasteiger charge is 2.62. The minimum absolute atomic E-state index is 0.0734. The minimum Gasteiger partial charge on any atom is -0.297 e. The van der Waals surface area contributed by atoms with E-state index in [1.54, 1.807) is 0 Å². The number of hydrogen-bond donors (Lipinski definition) is 0. The van der Waals surface area contributed by atoms with Gasteiger partial charge in [0.1, 0.15) is 17.3 Å². The molecular formula is C26H33F4N3O. The van der Waals surface area contributed by atoms with E-state index in [1.165, 1.54) is 6.07 Å². The maximum absolute atomic E-state index is 16.4. The summed E-state index contributed by atoms with van der Waals surface area (Å²) in [5.74, 6) is 1.02. The number of nitrogens with zero attached hydrogens (tertiary/aromatic N) is 3. The van der Waals surface area contributed by atoms with Crippen molar-refractivity contribution >= 4 is 5.78 Å². The molecule has 34 heavy (non-hydrogen) atoms. The summed E-state index contributed by atoms with van der Waals surface area (Å²) >= 11 is 0. The Bertz CT molecular complexity index is 1010. The molecule has 4 aliphatic rings. The highest BCUT2D eigenvalue weighted by Crippen LogP contribution is 2.66. The number of aromatic nitrogens is 2. The summed E-state index contributed by atoms with van der Waals surface area (Å²) in [5, 5.41) is 12.6. The summed E-state index contributed by atoms with van der Waals surface area (Å²) in [5.41, 5.74) is -3.13. The molecule has 1 aromatic rings. The molecule has 0 bridgehead atoms. The Morgan fingerprint density at radius 1 is 1.18 bits per heavy atom. The lowest BCUT2D eigenvalue weighted by molar-refractivity contribution is -0.147. The maximum atomic E-state index is 16.4. The fraction of sp³-hybridized carbons (Fsp3) is 0.808. The van der Waals surface area contributed by atoms with E-state index in [-0.39, 0.29) is 47.3 Å². The van der Waals surface area contributed by atoms with Gasteiger partial charge in [0.25, 0.3) is 0 Å². The molecule has 4 saturated carbocycles. The van der Waals surface area contributed by atoms with Gasteiger partial charge in [0.15, 0.2) is 11.5 Å². The number of ketones is 1. The molecule has 1 aromatic heterocycles. The summed E-state index contributed by atoms with van der Waals surface area (Å²) < 4.78 is 56.9. The van der Waals surface area contributed by atoms with Gasteiger partial charge in [0, 0.05) is 12.1 Å². The van der Waals surface area contributed by atoms with Crippen LogP contribution in [-0.2, 0) is 17.5 Å². The van der Waals surface area contributed by atoms with Gasteiger partial charge in [-0.1, -0.05) is 13.8 Å². The van der Waals surface area contributed by atoms with Gasteiger partial charge in [-0.2, -0.15) is 23.5 Å². The number of fused-ring (bicyclic) bond motifs is 5. The SMILES string of the molecule is C[C@H]1CCC2(F)C3CC[C@@]4(C)C(CC[C@@H]4C(=O)Cn4cc(C#N)c(C(F)(F)F)n4)C3CC[C@@H]2C1. The quantitative estimate of drug-likeness (QED) is 0.476. The molecule has 4 nitrogen and oxygen atoms in total. The van der Waals surface area contributed by atoms with Gasteiger partial charge in [-0.25, -0.2) is 4.39 Å². The number of carbonyl (C=O) groups excluding carboxylic acids is 1. The summed E-state index contributed by atoms with van der Waals surface area (Å²) in [6, 6.07) is 1.53. The number of Topliss-reactive ketones (excluding diaryl/α,β-unsaturated/α-hetero) is 1. The van der Waals surface area contributed by atoms with Crippen molar-refractivity contribution in [3.05, 3.63) is 17.5 Å². The Kier molecular flexibility index (Phi) is 5.65. The molecule has 0 aliphatic heterocycles. The molecule has 0 aromatic carbocycles. The first-order chi connectivity index (χ1) is 16.0. The monoisotopic (exact) mass is 479 g/mol. The van der Waals surface area contributed by atoms with Crippen LogP contribution in [-0.4, -0.2) is 21.2 Å². The molecule has 0 N–H and O–H groups in total. The highest BCUT2D eigenvalue weighted by atomic mass is 19.4. The second-order valence-electron chi connectivity index (χ2n) is 11.8. The van der Waals surface area contributed by atoms with Crippen molar-refractivity contribution in [3.63, 3.8) is 0 Å². The average molecular weight is 480 g/mol. The van der Waals surface area contributed by atoms with Crippen LogP contribution < -0.4 is 0 Å². The van der Waals surface area contributed by atoms with Crippen molar-refractivity contribution in [2.75, 3.05) is 0 Å². The van der Waals surface area contributed by atoms with Crippen molar-refractivity contribution < 1.29 is 22.4 Å².